The van der Waals surface area contributed by atoms with E-state index in [1.807, 2.05) is 12.1 Å². The van der Waals surface area contributed by atoms with Gasteiger partial charge in [-0.1, -0.05) is 12.8 Å². The van der Waals surface area contributed by atoms with Gasteiger partial charge in [0.05, 0.1) is 0 Å². The summed E-state index contributed by atoms with van der Waals surface area (Å²) in [5.74, 6) is -0.149. The molecule has 1 saturated carbocycles. The topological polar surface area (TPSA) is 15.3 Å². The molecule has 0 spiro atoms. The summed E-state index contributed by atoms with van der Waals surface area (Å²) >= 11 is 0. The van der Waals surface area contributed by atoms with Gasteiger partial charge in [-0.15, -0.1) is 0 Å². The zero-order chi connectivity index (χ0) is 11.7. The number of nitrogens with zero attached hydrogens (tertiary/aromatic N) is 1. The minimum absolute atomic E-state index is 0.149. The summed E-state index contributed by atoms with van der Waals surface area (Å²) in [4.78, 5) is 2.46. The molecule has 1 aromatic carbocycles. The van der Waals surface area contributed by atoms with Crippen LogP contribution in [0.1, 0.15) is 25.7 Å². The molecule has 3 rings (SSSR count). The van der Waals surface area contributed by atoms with Gasteiger partial charge in [0.15, 0.2) is 0 Å². The van der Waals surface area contributed by atoms with Crippen LogP contribution in [0.25, 0.3) is 0 Å². The van der Waals surface area contributed by atoms with Crippen LogP contribution in [-0.4, -0.2) is 25.2 Å². The van der Waals surface area contributed by atoms with Crippen LogP contribution in [0.2, 0.25) is 0 Å². The van der Waals surface area contributed by atoms with Crippen molar-refractivity contribution >= 4 is 5.69 Å². The molecule has 0 radical (unpaired) electrons. The molecular weight excluding hydrogens is 215 g/mol. The lowest BCUT2D eigenvalue weighted by Crippen LogP contribution is -2.59. The Morgan fingerprint density at radius 2 is 1.88 bits per heavy atom. The molecule has 1 saturated heterocycles. The Morgan fingerprint density at radius 1 is 1.12 bits per heavy atom. The molecule has 92 valence electrons. The fraction of sp³-hybridized carbons (Fsp3) is 0.571. The molecule has 2 fully saturated rings. The van der Waals surface area contributed by atoms with Crippen LogP contribution in [0.4, 0.5) is 10.1 Å². The largest absolute Gasteiger partial charge is 0.366 e. The molecule has 1 N–H and O–H groups in total. The van der Waals surface area contributed by atoms with E-state index in [1.165, 1.54) is 31.4 Å². The first-order valence-corrected chi connectivity index (χ1v) is 6.60. The number of nitrogens with one attached hydrogen (secondary N) is 1. The number of halogens is 1. The van der Waals surface area contributed by atoms with Gasteiger partial charge in [-0.25, -0.2) is 4.39 Å². The maximum Gasteiger partial charge on any atom is 0.123 e. The Morgan fingerprint density at radius 3 is 2.71 bits per heavy atom. The summed E-state index contributed by atoms with van der Waals surface area (Å²) in [6.45, 7) is 2.07. The van der Waals surface area contributed by atoms with Crippen LogP contribution < -0.4 is 10.2 Å². The minimum atomic E-state index is -0.149. The molecule has 0 bridgehead atoms. The predicted molar refractivity (Wildman–Crippen MR) is 67.8 cm³/mol. The Balaban J connectivity index is 1.83. The summed E-state index contributed by atoms with van der Waals surface area (Å²) in [6.07, 6.45) is 5.20. The molecule has 0 aromatic heterocycles. The van der Waals surface area contributed by atoms with Crippen molar-refractivity contribution < 1.29 is 4.39 Å². The predicted octanol–water partition coefficient (Wildman–Crippen LogP) is 2.55. The van der Waals surface area contributed by atoms with Gasteiger partial charge < -0.3 is 10.2 Å². The molecule has 17 heavy (non-hydrogen) atoms. The average molecular weight is 234 g/mol. The van der Waals surface area contributed by atoms with Gasteiger partial charge >= 0.3 is 0 Å². The van der Waals surface area contributed by atoms with E-state index in [4.69, 9.17) is 0 Å². The van der Waals surface area contributed by atoms with Crippen molar-refractivity contribution in [3.05, 3.63) is 30.1 Å². The maximum atomic E-state index is 13.0. The average Bonchev–Trinajstić information content (AvgIpc) is 2.39. The molecule has 2 aliphatic rings. The van der Waals surface area contributed by atoms with Crippen molar-refractivity contribution in [2.75, 3.05) is 18.0 Å². The van der Waals surface area contributed by atoms with Gasteiger partial charge in [0, 0.05) is 30.9 Å². The van der Waals surface area contributed by atoms with Gasteiger partial charge in [0.1, 0.15) is 5.82 Å². The minimum Gasteiger partial charge on any atom is -0.366 e. The number of hydrogen-bond acceptors (Lipinski definition) is 2. The van der Waals surface area contributed by atoms with E-state index in [0.717, 1.165) is 13.1 Å². The number of benzene rings is 1. The first-order chi connectivity index (χ1) is 8.34. The van der Waals surface area contributed by atoms with Crippen LogP contribution in [-0.2, 0) is 0 Å². The van der Waals surface area contributed by atoms with E-state index in [9.17, 15) is 4.39 Å². The van der Waals surface area contributed by atoms with Crippen molar-refractivity contribution in [2.24, 2.45) is 0 Å². The Labute approximate surface area is 102 Å². The third-order valence-corrected chi connectivity index (χ3v) is 4.05. The van der Waals surface area contributed by atoms with E-state index < -0.39 is 0 Å². The Hall–Kier alpha value is -1.09. The maximum absolute atomic E-state index is 13.0. The molecular formula is C14H19FN2. The summed E-state index contributed by atoms with van der Waals surface area (Å²) in [6, 6.07) is 8.17. The Bertz CT molecular complexity index is 374. The highest BCUT2D eigenvalue weighted by Gasteiger charge is 2.32. The Kier molecular flexibility index (Phi) is 3.02. The number of fused-ring (bicyclic) bond motifs is 1. The fourth-order valence-electron chi connectivity index (χ4n) is 3.21. The standard InChI is InChI=1S/C14H19FN2/c15-11-5-7-12(8-6-11)17-10-9-16-13-3-1-2-4-14(13)17/h5-8,13-14,16H,1-4,9-10H2/t13-,14-/m0/s1. The zero-order valence-electron chi connectivity index (χ0n) is 10.0. The van der Waals surface area contributed by atoms with Gasteiger partial charge in [0.25, 0.3) is 0 Å². The van der Waals surface area contributed by atoms with Crippen molar-refractivity contribution in [1.82, 2.24) is 5.32 Å². The van der Waals surface area contributed by atoms with Crippen molar-refractivity contribution in [3.8, 4) is 0 Å². The van der Waals surface area contributed by atoms with Gasteiger partial charge in [-0.05, 0) is 37.1 Å². The molecule has 3 heteroatoms. The molecule has 1 aromatic rings. The number of hydrogen-bond donors (Lipinski definition) is 1. The first kappa shape index (κ1) is 11.0. The highest BCUT2D eigenvalue weighted by Crippen LogP contribution is 2.29. The fourth-order valence-corrected chi connectivity index (χ4v) is 3.21. The molecule has 2 atom stereocenters. The van der Waals surface area contributed by atoms with Crippen molar-refractivity contribution in [2.45, 2.75) is 37.8 Å². The normalized spacial score (nSPS) is 28.9. The first-order valence-electron chi connectivity index (χ1n) is 6.60. The number of piperazine rings is 1. The number of rotatable bonds is 1. The van der Waals surface area contributed by atoms with Crippen LogP contribution >= 0.6 is 0 Å². The SMILES string of the molecule is Fc1ccc(N2CCN[C@H]3CCCC[C@@H]32)cc1. The quantitative estimate of drug-likeness (QED) is 0.803. The molecule has 0 unspecified atom stereocenters. The summed E-state index contributed by atoms with van der Waals surface area (Å²) in [5.41, 5.74) is 1.17. The second-order valence-corrected chi connectivity index (χ2v) is 5.08. The highest BCUT2D eigenvalue weighted by atomic mass is 19.1. The summed E-state index contributed by atoms with van der Waals surface area (Å²) in [7, 11) is 0. The molecule has 1 heterocycles. The second-order valence-electron chi connectivity index (χ2n) is 5.08. The van der Waals surface area contributed by atoms with Crippen LogP contribution in [0.15, 0.2) is 24.3 Å². The molecule has 1 aliphatic carbocycles. The zero-order valence-corrected chi connectivity index (χ0v) is 10.0. The van der Waals surface area contributed by atoms with Gasteiger partial charge in [0.2, 0.25) is 0 Å². The van der Waals surface area contributed by atoms with Crippen LogP contribution in [0, 0.1) is 5.82 Å². The van der Waals surface area contributed by atoms with Crippen LogP contribution in [0.3, 0.4) is 0 Å². The third-order valence-electron chi connectivity index (χ3n) is 4.05. The van der Waals surface area contributed by atoms with Crippen LogP contribution in [0.5, 0.6) is 0 Å². The van der Waals surface area contributed by atoms with E-state index in [-0.39, 0.29) is 5.82 Å². The van der Waals surface area contributed by atoms with Gasteiger partial charge in [-0.2, -0.15) is 0 Å². The van der Waals surface area contributed by atoms with E-state index in [0.29, 0.717) is 12.1 Å². The third kappa shape index (κ3) is 2.16. The number of anilines is 1. The van der Waals surface area contributed by atoms with E-state index in [1.54, 1.807) is 12.1 Å². The monoisotopic (exact) mass is 234 g/mol. The lowest BCUT2D eigenvalue weighted by molar-refractivity contribution is 0.284. The molecule has 1 aliphatic heterocycles. The van der Waals surface area contributed by atoms with Crippen molar-refractivity contribution in [3.63, 3.8) is 0 Å². The van der Waals surface area contributed by atoms with E-state index in [2.05, 4.69) is 10.2 Å². The summed E-state index contributed by atoms with van der Waals surface area (Å²) in [5, 5.41) is 3.62. The lowest BCUT2D eigenvalue weighted by atomic mass is 9.87. The smallest absolute Gasteiger partial charge is 0.123 e. The molecule has 0 amide bonds. The molecule has 2 nitrogen and oxygen atoms in total. The van der Waals surface area contributed by atoms with E-state index >= 15 is 0 Å². The van der Waals surface area contributed by atoms with Gasteiger partial charge in [-0.3, -0.25) is 0 Å². The van der Waals surface area contributed by atoms with Crippen molar-refractivity contribution in [1.29, 1.82) is 0 Å². The highest BCUT2D eigenvalue weighted by molar-refractivity contribution is 5.48. The second kappa shape index (κ2) is 4.65. The lowest BCUT2D eigenvalue weighted by Gasteiger charge is -2.46. The summed E-state index contributed by atoms with van der Waals surface area (Å²) < 4.78 is 13.0.